The van der Waals surface area contributed by atoms with Crippen molar-refractivity contribution in [3.8, 4) is 5.75 Å². The summed E-state index contributed by atoms with van der Waals surface area (Å²) in [5, 5.41) is 2.03. The standard InChI is InChI=1S/C31H31Cl2N3O3/c32-26-9-6-10-27(31(26)33)35-18-16-34(17-19-35)15-4-5-20-39-25-13-11-24-12-14-29(37)36(28(24)22-25)30(38)21-23-7-2-1-3-8-23/h1-3,6-14,22H,4-5,15-21H2. The molecule has 0 radical (unpaired) electrons. The fourth-order valence-corrected chi connectivity index (χ4v) is 5.40. The van der Waals surface area contributed by atoms with Gasteiger partial charge in [-0.3, -0.25) is 14.5 Å². The molecule has 8 heteroatoms. The van der Waals surface area contributed by atoms with E-state index in [1.165, 1.54) is 10.6 Å². The minimum absolute atomic E-state index is 0.158. The maximum absolute atomic E-state index is 13.0. The first-order valence-corrected chi connectivity index (χ1v) is 14.0. The Hall–Kier alpha value is -3.32. The number of hydrogen-bond donors (Lipinski definition) is 0. The Morgan fingerprint density at radius 3 is 2.41 bits per heavy atom. The van der Waals surface area contributed by atoms with Crippen molar-refractivity contribution in [2.24, 2.45) is 0 Å². The summed E-state index contributed by atoms with van der Waals surface area (Å²) >= 11 is 12.6. The molecule has 4 aromatic rings. The number of unbranched alkanes of at least 4 members (excludes halogenated alkanes) is 1. The van der Waals surface area contributed by atoms with Crippen molar-refractivity contribution in [2.75, 3.05) is 44.2 Å². The minimum Gasteiger partial charge on any atom is -0.494 e. The van der Waals surface area contributed by atoms with E-state index in [4.69, 9.17) is 27.9 Å². The van der Waals surface area contributed by atoms with Crippen molar-refractivity contribution < 1.29 is 9.53 Å². The van der Waals surface area contributed by atoms with Crippen LogP contribution in [0.5, 0.6) is 5.75 Å². The molecule has 202 valence electrons. The molecule has 1 aromatic heterocycles. The Morgan fingerprint density at radius 1 is 0.846 bits per heavy atom. The van der Waals surface area contributed by atoms with Gasteiger partial charge in [0.1, 0.15) is 5.75 Å². The van der Waals surface area contributed by atoms with E-state index in [1.807, 2.05) is 60.7 Å². The van der Waals surface area contributed by atoms with Gasteiger partial charge in [-0.2, -0.15) is 0 Å². The van der Waals surface area contributed by atoms with Crippen molar-refractivity contribution in [1.29, 1.82) is 0 Å². The quantitative estimate of drug-likeness (QED) is 0.228. The molecule has 0 amide bonds. The van der Waals surface area contributed by atoms with Gasteiger partial charge in [-0.05, 0) is 60.7 Å². The highest BCUT2D eigenvalue weighted by Gasteiger charge is 2.19. The van der Waals surface area contributed by atoms with Crippen LogP contribution in [0.4, 0.5) is 5.69 Å². The van der Waals surface area contributed by atoms with Gasteiger partial charge in [0.15, 0.2) is 0 Å². The molecule has 0 atom stereocenters. The van der Waals surface area contributed by atoms with Crippen molar-refractivity contribution in [3.63, 3.8) is 0 Å². The number of anilines is 1. The lowest BCUT2D eigenvalue weighted by atomic mass is 10.1. The monoisotopic (exact) mass is 563 g/mol. The van der Waals surface area contributed by atoms with Gasteiger partial charge in [0.2, 0.25) is 5.91 Å². The maximum atomic E-state index is 13.0. The van der Waals surface area contributed by atoms with Crippen molar-refractivity contribution in [1.82, 2.24) is 9.47 Å². The van der Waals surface area contributed by atoms with Gasteiger partial charge in [0, 0.05) is 38.3 Å². The van der Waals surface area contributed by atoms with Gasteiger partial charge >= 0.3 is 0 Å². The summed E-state index contributed by atoms with van der Waals surface area (Å²) in [7, 11) is 0. The van der Waals surface area contributed by atoms with Crippen LogP contribution in [-0.2, 0) is 6.42 Å². The summed E-state index contributed by atoms with van der Waals surface area (Å²) in [5.74, 6) is 0.396. The molecule has 3 aromatic carbocycles. The number of hydrogen-bond acceptors (Lipinski definition) is 5. The molecule has 0 unspecified atom stereocenters. The molecule has 1 aliphatic heterocycles. The Labute approximate surface area is 238 Å². The number of fused-ring (bicyclic) bond motifs is 1. The van der Waals surface area contributed by atoms with E-state index in [0.717, 1.165) is 62.2 Å². The number of halogens is 2. The van der Waals surface area contributed by atoms with E-state index >= 15 is 0 Å². The van der Waals surface area contributed by atoms with Crippen molar-refractivity contribution in [3.05, 3.63) is 105 Å². The molecule has 0 spiro atoms. The molecule has 6 nitrogen and oxygen atoms in total. The second kappa shape index (κ2) is 12.7. The first-order chi connectivity index (χ1) is 19.0. The van der Waals surface area contributed by atoms with E-state index in [9.17, 15) is 9.59 Å². The third-order valence-electron chi connectivity index (χ3n) is 7.10. The van der Waals surface area contributed by atoms with Gasteiger partial charge in [0.25, 0.3) is 5.56 Å². The van der Waals surface area contributed by atoms with Crippen molar-refractivity contribution >= 4 is 45.7 Å². The molecule has 39 heavy (non-hydrogen) atoms. The number of benzene rings is 3. The first-order valence-electron chi connectivity index (χ1n) is 13.3. The summed E-state index contributed by atoms with van der Waals surface area (Å²) in [6, 6.07) is 24.0. The Bertz CT molecular complexity index is 1500. The van der Waals surface area contributed by atoms with Gasteiger partial charge in [-0.15, -0.1) is 0 Å². The Morgan fingerprint density at radius 2 is 1.62 bits per heavy atom. The molecule has 1 aliphatic rings. The van der Waals surface area contributed by atoms with Crippen molar-refractivity contribution in [2.45, 2.75) is 19.3 Å². The number of piperazine rings is 1. The largest absolute Gasteiger partial charge is 0.494 e. The maximum Gasteiger partial charge on any atom is 0.257 e. The fourth-order valence-electron chi connectivity index (χ4n) is 4.99. The number of nitrogens with zero attached hydrogens (tertiary/aromatic N) is 3. The number of aromatic nitrogens is 1. The van der Waals surface area contributed by atoms with E-state index in [2.05, 4.69) is 9.80 Å². The predicted octanol–water partition coefficient (Wildman–Crippen LogP) is 6.17. The molecule has 1 fully saturated rings. The second-order valence-electron chi connectivity index (χ2n) is 9.74. The Kier molecular flexibility index (Phi) is 8.87. The molecule has 0 saturated carbocycles. The minimum atomic E-state index is -0.335. The number of ether oxygens (including phenoxy) is 1. The number of rotatable bonds is 9. The van der Waals surface area contributed by atoms with Crippen LogP contribution < -0.4 is 15.2 Å². The molecule has 0 N–H and O–H groups in total. The molecule has 5 rings (SSSR count). The zero-order chi connectivity index (χ0) is 27.2. The van der Waals surface area contributed by atoms with Crippen LogP contribution in [0.3, 0.4) is 0 Å². The summed E-state index contributed by atoms with van der Waals surface area (Å²) in [6.45, 7) is 5.35. The van der Waals surface area contributed by atoms with Crippen LogP contribution in [0.1, 0.15) is 23.2 Å². The number of pyridine rings is 1. The smallest absolute Gasteiger partial charge is 0.257 e. The zero-order valence-electron chi connectivity index (χ0n) is 21.7. The van der Waals surface area contributed by atoms with Crippen LogP contribution in [0.2, 0.25) is 10.0 Å². The van der Waals surface area contributed by atoms with Gasteiger partial charge in [-0.1, -0.05) is 59.6 Å². The molecule has 0 aliphatic carbocycles. The molecule has 2 heterocycles. The summed E-state index contributed by atoms with van der Waals surface area (Å²) < 4.78 is 7.27. The van der Waals surface area contributed by atoms with E-state index in [1.54, 1.807) is 12.1 Å². The highest BCUT2D eigenvalue weighted by molar-refractivity contribution is 6.43. The zero-order valence-corrected chi connectivity index (χ0v) is 23.2. The van der Waals surface area contributed by atoms with Crippen LogP contribution in [0.25, 0.3) is 10.9 Å². The third kappa shape index (κ3) is 6.64. The van der Waals surface area contributed by atoms with Crippen LogP contribution in [-0.4, -0.2) is 54.7 Å². The number of carbonyl (C=O) groups excluding carboxylic acids is 1. The normalized spacial score (nSPS) is 14.1. The summed E-state index contributed by atoms with van der Waals surface area (Å²) in [4.78, 5) is 30.4. The van der Waals surface area contributed by atoms with Crippen LogP contribution in [0, 0.1) is 0 Å². The summed E-state index contributed by atoms with van der Waals surface area (Å²) in [5.41, 5.74) is 2.10. The molecule has 0 bridgehead atoms. The first kappa shape index (κ1) is 27.3. The highest BCUT2D eigenvalue weighted by atomic mass is 35.5. The SMILES string of the molecule is O=C(Cc1ccccc1)n1c(=O)ccc2ccc(OCCCCN3CCN(c4cccc(Cl)c4Cl)CC3)cc21. The molecular weight excluding hydrogens is 533 g/mol. The van der Waals surface area contributed by atoms with E-state index in [-0.39, 0.29) is 17.9 Å². The lowest BCUT2D eigenvalue weighted by molar-refractivity contribution is 0.0915. The van der Waals surface area contributed by atoms with Gasteiger partial charge in [0.05, 0.1) is 34.3 Å². The number of carbonyl (C=O) groups is 1. The lowest BCUT2D eigenvalue weighted by Crippen LogP contribution is -2.46. The van der Waals surface area contributed by atoms with Gasteiger partial charge in [-0.25, -0.2) is 4.57 Å². The highest BCUT2D eigenvalue weighted by Crippen LogP contribution is 2.33. The average molecular weight is 565 g/mol. The van der Waals surface area contributed by atoms with E-state index in [0.29, 0.717) is 27.9 Å². The Balaban J connectivity index is 1.12. The lowest BCUT2D eigenvalue weighted by Gasteiger charge is -2.36. The third-order valence-corrected chi connectivity index (χ3v) is 7.91. The van der Waals surface area contributed by atoms with Crippen LogP contribution >= 0.6 is 23.2 Å². The molecular formula is C31H31Cl2N3O3. The van der Waals surface area contributed by atoms with Crippen LogP contribution in [0.15, 0.2) is 83.7 Å². The van der Waals surface area contributed by atoms with E-state index < -0.39 is 0 Å². The second-order valence-corrected chi connectivity index (χ2v) is 10.5. The average Bonchev–Trinajstić information content (AvgIpc) is 2.95. The topological polar surface area (TPSA) is 54.8 Å². The molecule has 1 saturated heterocycles. The summed E-state index contributed by atoms with van der Waals surface area (Å²) in [6.07, 6.45) is 2.09. The predicted molar refractivity (Wildman–Crippen MR) is 159 cm³/mol. The fraction of sp³-hybridized carbons (Fsp3) is 0.290. The van der Waals surface area contributed by atoms with Gasteiger partial charge < -0.3 is 9.64 Å².